The molecule has 0 spiro atoms. The Kier molecular flexibility index (Phi) is 6.79. The molecule has 0 saturated heterocycles. The van der Waals surface area contributed by atoms with Crippen LogP contribution in [0.2, 0.25) is 0 Å². The second kappa shape index (κ2) is 9.05. The van der Waals surface area contributed by atoms with E-state index < -0.39 is 12.0 Å². The molecule has 0 heterocycles. The van der Waals surface area contributed by atoms with Crippen LogP contribution in [0.3, 0.4) is 0 Å². The summed E-state index contributed by atoms with van der Waals surface area (Å²) in [5.41, 5.74) is 8.76. The number of esters is 1. The lowest BCUT2D eigenvalue weighted by Crippen LogP contribution is -2.37. The molecule has 144 valence electrons. The van der Waals surface area contributed by atoms with E-state index in [2.05, 4.69) is 10.1 Å². The second-order valence-corrected chi connectivity index (χ2v) is 6.01. The number of hydrogen-bond donors (Lipinski definition) is 2. The minimum atomic E-state index is -0.749. The molecule has 0 fully saturated rings. The van der Waals surface area contributed by atoms with Crippen LogP contribution in [0.25, 0.3) is 0 Å². The van der Waals surface area contributed by atoms with E-state index in [0.717, 1.165) is 11.1 Å². The molecule has 0 unspecified atom stereocenters. The highest BCUT2D eigenvalue weighted by molar-refractivity contribution is 5.96. The first kappa shape index (κ1) is 20.3. The van der Waals surface area contributed by atoms with E-state index in [-0.39, 0.29) is 5.91 Å². The molecular weight excluding hydrogens is 348 g/mol. The predicted molar refractivity (Wildman–Crippen MR) is 102 cm³/mol. The van der Waals surface area contributed by atoms with E-state index in [1.807, 2.05) is 6.92 Å². The van der Waals surface area contributed by atoms with Gasteiger partial charge in [-0.05, 0) is 42.7 Å². The topological polar surface area (TPSA) is 99.9 Å². The summed E-state index contributed by atoms with van der Waals surface area (Å²) >= 11 is 0. The summed E-state index contributed by atoms with van der Waals surface area (Å²) in [4.78, 5) is 23.9. The monoisotopic (exact) mass is 372 g/mol. The van der Waals surface area contributed by atoms with Gasteiger partial charge in [0.1, 0.15) is 0 Å². The van der Waals surface area contributed by atoms with Crippen molar-refractivity contribution in [2.45, 2.75) is 19.4 Å². The van der Waals surface area contributed by atoms with Gasteiger partial charge in [-0.3, -0.25) is 4.79 Å². The van der Waals surface area contributed by atoms with Crippen molar-refractivity contribution in [2.24, 2.45) is 5.73 Å². The van der Waals surface area contributed by atoms with Gasteiger partial charge in [-0.1, -0.05) is 12.1 Å². The SMILES string of the molecule is COC(=O)c1ccc(C[C@H](N)C(=O)Nc2cc(OC)c(OC)cc2C)cc1. The molecular formula is C20H24N2O5. The largest absolute Gasteiger partial charge is 0.493 e. The molecule has 1 amide bonds. The molecule has 0 aliphatic rings. The number of aryl methyl sites for hydroxylation is 1. The molecule has 1 atom stereocenters. The summed E-state index contributed by atoms with van der Waals surface area (Å²) in [7, 11) is 4.41. The van der Waals surface area contributed by atoms with Gasteiger partial charge in [-0.25, -0.2) is 4.79 Å². The Labute approximate surface area is 158 Å². The van der Waals surface area contributed by atoms with Crippen molar-refractivity contribution in [3.8, 4) is 11.5 Å². The van der Waals surface area contributed by atoms with Crippen molar-refractivity contribution in [3.05, 3.63) is 53.1 Å². The number of carbonyl (C=O) groups excluding carboxylic acids is 2. The van der Waals surface area contributed by atoms with Crippen LogP contribution in [0, 0.1) is 6.92 Å². The molecule has 2 aromatic rings. The molecule has 0 aliphatic heterocycles. The molecule has 27 heavy (non-hydrogen) atoms. The minimum Gasteiger partial charge on any atom is -0.493 e. The summed E-state index contributed by atoms with van der Waals surface area (Å²) < 4.78 is 15.2. The van der Waals surface area contributed by atoms with Crippen molar-refractivity contribution in [1.29, 1.82) is 0 Å². The van der Waals surface area contributed by atoms with E-state index in [1.165, 1.54) is 14.2 Å². The number of ether oxygens (including phenoxy) is 3. The minimum absolute atomic E-state index is 0.317. The Morgan fingerprint density at radius 2 is 1.63 bits per heavy atom. The lowest BCUT2D eigenvalue weighted by Gasteiger charge is -2.16. The molecule has 0 aromatic heterocycles. The van der Waals surface area contributed by atoms with Crippen LogP contribution < -0.4 is 20.5 Å². The van der Waals surface area contributed by atoms with Crippen molar-refractivity contribution in [2.75, 3.05) is 26.6 Å². The van der Waals surface area contributed by atoms with Crippen LogP contribution in [0.15, 0.2) is 36.4 Å². The number of nitrogens with one attached hydrogen (secondary N) is 1. The number of rotatable bonds is 7. The molecule has 0 saturated carbocycles. The summed E-state index contributed by atoms with van der Waals surface area (Å²) in [6.45, 7) is 1.86. The zero-order valence-electron chi connectivity index (χ0n) is 15.9. The maximum atomic E-state index is 12.5. The second-order valence-electron chi connectivity index (χ2n) is 6.01. The van der Waals surface area contributed by atoms with Gasteiger partial charge in [-0.15, -0.1) is 0 Å². The van der Waals surface area contributed by atoms with Crippen LogP contribution >= 0.6 is 0 Å². The van der Waals surface area contributed by atoms with Crippen LogP contribution in [-0.4, -0.2) is 39.2 Å². The lowest BCUT2D eigenvalue weighted by atomic mass is 10.0. The summed E-state index contributed by atoms with van der Waals surface area (Å²) in [6, 6.07) is 9.52. The molecule has 0 radical (unpaired) electrons. The number of nitrogens with two attached hydrogens (primary N) is 1. The standard InChI is InChI=1S/C20H24N2O5/c1-12-9-17(25-2)18(26-3)11-16(12)22-19(23)15(21)10-13-5-7-14(8-6-13)20(24)27-4/h5-9,11,15H,10,21H2,1-4H3,(H,22,23)/t15-/m0/s1. The lowest BCUT2D eigenvalue weighted by molar-refractivity contribution is -0.117. The first-order valence-corrected chi connectivity index (χ1v) is 8.36. The first-order valence-electron chi connectivity index (χ1n) is 8.36. The zero-order chi connectivity index (χ0) is 20.0. The highest BCUT2D eigenvalue weighted by Crippen LogP contribution is 2.32. The maximum absolute atomic E-state index is 12.5. The summed E-state index contributed by atoms with van der Waals surface area (Å²) in [5, 5.41) is 2.82. The van der Waals surface area contributed by atoms with Gasteiger partial charge in [0.15, 0.2) is 11.5 Å². The predicted octanol–water partition coefficient (Wildman–Crippen LogP) is 2.31. The summed E-state index contributed by atoms with van der Waals surface area (Å²) in [6.07, 6.45) is 0.333. The van der Waals surface area contributed by atoms with E-state index >= 15 is 0 Å². The normalized spacial score (nSPS) is 11.4. The van der Waals surface area contributed by atoms with E-state index in [1.54, 1.807) is 43.5 Å². The smallest absolute Gasteiger partial charge is 0.337 e. The quantitative estimate of drug-likeness (QED) is 0.724. The third-order valence-corrected chi connectivity index (χ3v) is 4.16. The third-order valence-electron chi connectivity index (χ3n) is 4.16. The number of carbonyl (C=O) groups is 2. The number of amides is 1. The van der Waals surface area contributed by atoms with Crippen molar-refractivity contribution in [3.63, 3.8) is 0 Å². The van der Waals surface area contributed by atoms with Crippen LogP contribution in [0.4, 0.5) is 5.69 Å². The van der Waals surface area contributed by atoms with Gasteiger partial charge in [-0.2, -0.15) is 0 Å². The average molecular weight is 372 g/mol. The fraction of sp³-hybridized carbons (Fsp3) is 0.300. The molecule has 2 rings (SSSR count). The van der Waals surface area contributed by atoms with Gasteiger partial charge >= 0.3 is 5.97 Å². The average Bonchev–Trinajstić information content (AvgIpc) is 2.68. The molecule has 0 aliphatic carbocycles. The third kappa shape index (κ3) is 4.98. The van der Waals surface area contributed by atoms with E-state index in [9.17, 15) is 9.59 Å². The first-order chi connectivity index (χ1) is 12.9. The molecule has 2 aromatic carbocycles. The van der Waals surface area contributed by atoms with E-state index in [0.29, 0.717) is 29.2 Å². The molecule has 3 N–H and O–H groups in total. The fourth-order valence-corrected chi connectivity index (χ4v) is 2.58. The van der Waals surface area contributed by atoms with E-state index in [4.69, 9.17) is 15.2 Å². The van der Waals surface area contributed by atoms with Crippen molar-refractivity contribution in [1.82, 2.24) is 0 Å². The Morgan fingerprint density at radius 3 is 2.19 bits per heavy atom. The van der Waals surface area contributed by atoms with Gasteiger partial charge in [0.05, 0.1) is 32.9 Å². The fourth-order valence-electron chi connectivity index (χ4n) is 2.58. The van der Waals surface area contributed by atoms with Crippen molar-refractivity contribution >= 4 is 17.6 Å². The van der Waals surface area contributed by atoms with Gasteiger partial charge in [0.25, 0.3) is 0 Å². The summed E-state index contributed by atoms with van der Waals surface area (Å²) in [5.74, 6) is 0.378. The van der Waals surface area contributed by atoms with Crippen LogP contribution in [0.5, 0.6) is 11.5 Å². The molecule has 0 bridgehead atoms. The Bertz CT molecular complexity index is 818. The van der Waals surface area contributed by atoms with Crippen molar-refractivity contribution < 1.29 is 23.8 Å². The number of hydrogen-bond acceptors (Lipinski definition) is 6. The van der Waals surface area contributed by atoms with Crippen LogP contribution in [-0.2, 0) is 16.0 Å². The highest BCUT2D eigenvalue weighted by Gasteiger charge is 2.17. The Morgan fingerprint density at radius 1 is 1.04 bits per heavy atom. The van der Waals surface area contributed by atoms with Crippen LogP contribution in [0.1, 0.15) is 21.5 Å². The number of anilines is 1. The van der Waals surface area contributed by atoms with Gasteiger partial charge in [0, 0.05) is 11.8 Å². The number of benzene rings is 2. The zero-order valence-corrected chi connectivity index (χ0v) is 15.9. The van der Waals surface area contributed by atoms with Gasteiger partial charge in [0.2, 0.25) is 5.91 Å². The maximum Gasteiger partial charge on any atom is 0.337 e. The molecule has 7 heteroatoms. The molecule has 7 nitrogen and oxygen atoms in total. The highest BCUT2D eigenvalue weighted by atomic mass is 16.5. The Balaban J connectivity index is 2.06. The Hall–Kier alpha value is -3.06. The van der Waals surface area contributed by atoms with Gasteiger partial charge < -0.3 is 25.3 Å². The number of methoxy groups -OCH3 is 3.